The summed E-state index contributed by atoms with van der Waals surface area (Å²) >= 11 is 0. The first kappa shape index (κ1) is 17.8. The Labute approximate surface area is 158 Å². The predicted octanol–water partition coefficient (Wildman–Crippen LogP) is 2.84. The maximum Gasteiger partial charge on any atom is 0.333 e. The monoisotopic (exact) mass is 385 g/mol. The molecule has 3 N–H and O–H groups in total. The highest BCUT2D eigenvalue weighted by Gasteiger charge is 2.18. The van der Waals surface area contributed by atoms with Crippen molar-refractivity contribution in [3.8, 4) is 11.4 Å². The molecule has 0 aliphatic rings. The SMILES string of the molecule is Cc1ncc2ccc(-c3nc(N)nc(NC(C)c4ccnn4C(F)F)n3)cn12. The highest BCUT2D eigenvalue weighted by atomic mass is 19.3. The largest absolute Gasteiger partial charge is 0.368 e. The van der Waals surface area contributed by atoms with Crippen LogP contribution in [-0.4, -0.2) is 34.1 Å². The van der Waals surface area contributed by atoms with Crippen molar-refractivity contribution >= 4 is 17.4 Å². The molecule has 1 unspecified atom stereocenters. The molecule has 4 heterocycles. The zero-order valence-corrected chi connectivity index (χ0v) is 15.1. The van der Waals surface area contributed by atoms with Crippen LogP contribution in [0.1, 0.15) is 31.0 Å². The third-order valence-corrected chi connectivity index (χ3v) is 4.30. The van der Waals surface area contributed by atoms with Crippen molar-refractivity contribution in [3.05, 3.63) is 48.3 Å². The Morgan fingerprint density at radius 2 is 1.96 bits per heavy atom. The van der Waals surface area contributed by atoms with Gasteiger partial charge in [0, 0.05) is 18.0 Å². The lowest BCUT2D eigenvalue weighted by Crippen LogP contribution is -2.16. The van der Waals surface area contributed by atoms with Crippen molar-refractivity contribution in [1.29, 1.82) is 0 Å². The number of aromatic nitrogens is 7. The molecule has 0 aliphatic carbocycles. The zero-order valence-electron chi connectivity index (χ0n) is 15.1. The van der Waals surface area contributed by atoms with Crippen molar-refractivity contribution in [2.45, 2.75) is 26.4 Å². The number of hydrogen-bond donors (Lipinski definition) is 2. The maximum absolute atomic E-state index is 13.0. The van der Waals surface area contributed by atoms with Gasteiger partial charge in [0.15, 0.2) is 5.82 Å². The number of nitrogens with one attached hydrogen (secondary N) is 1. The van der Waals surface area contributed by atoms with Gasteiger partial charge < -0.3 is 15.5 Å². The van der Waals surface area contributed by atoms with Crippen LogP contribution >= 0.6 is 0 Å². The van der Waals surface area contributed by atoms with Gasteiger partial charge in [-0.05, 0) is 32.0 Å². The normalized spacial score (nSPS) is 12.6. The number of nitrogen functional groups attached to an aromatic ring is 1. The first-order valence-electron chi connectivity index (χ1n) is 8.46. The highest BCUT2D eigenvalue weighted by molar-refractivity contribution is 5.61. The Bertz CT molecular complexity index is 1130. The Hall–Kier alpha value is -3.63. The summed E-state index contributed by atoms with van der Waals surface area (Å²) in [6.07, 6.45) is 4.93. The molecule has 1 atom stereocenters. The fourth-order valence-corrected chi connectivity index (χ4v) is 2.94. The molecule has 0 fully saturated rings. The number of anilines is 2. The number of hydrogen-bond acceptors (Lipinski definition) is 7. The molecule has 4 rings (SSSR count). The smallest absolute Gasteiger partial charge is 0.333 e. The molecule has 11 heteroatoms. The number of nitrogens with zero attached hydrogens (tertiary/aromatic N) is 7. The average Bonchev–Trinajstić information content (AvgIpc) is 3.28. The molecule has 0 saturated heterocycles. The lowest BCUT2D eigenvalue weighted by atomic mass is 10.2. The van der Waals surface area contributed by atoms with E-state index in [1.807, 2.05) is 29.7 Å². The van der Waals surface area contributed by atoms with Crippen LogP contribution in [-0.2, 0) is 0 Å². The Morgan fingerprint density at radius 3 is 2.75 bits per heavy atom. The Morgan fingerprint density at radius 1 is 1.14 bits per heavy atom. The van der Waals surface area contributed by atoms with Crippen LogP contribution in [0.5, 0.6) is 0 Å². The predicted molar refractivity (Wildman–Crippen MR) is 98.7 cm³/mol. The van der Waals surface area contributed by atoms with Gasteiger partial charge >= 0.3 is 6.55 Å². The van der Waals surface area contributed by atoms with Crippen molar-refractivity contribution in [3.63, 3.8) is 0 Å². The lowest BCUT2D eigenvalue weighted by Gasteiger charge is -2.16. The number of imidazole rings is 1. The molecule has 0 spiro atoms. The summed E-state index contributed by atoms with van der Waals surface area (Å²) in [5.41, 5.74) is 7.79. The van der Waals surface area contributed by atoms with E-state index in [1.165, 1.54) is 12.3 Å². The van der Waals surface area contributed by atoms with Crippen LogP contribution in [0.3, 0.4) is 0 Å². The second kappa shape index (κ2) is 6.83. The Kier molecular flexibility index (Phi) is 4.34. The van der Waals surface area contributed by atoms with E-state index >= 15 is 0 Å². The number of rotatable bonds is 5. The van der Waals surface area contributed by atoms with Gasteiger partial charge in [0.1, 0.15) is 5.82 Å². The second-order valence-corrected chi connectivity index (χ2v) is 6.20. The molecule has 4 aromatic heterocycles. The number of pyridine rings is 1. The van der Waals surface area contributed by atoms with Crippen LogP contribution in [0.2, 0.25) is 0 Å². The van der Waals surface area contributed by atoms with Crippen LogP contribution in [0.25, 0.3) is 16.9 Å². The molecule has 9 nitrogen and oxygen atoms in total. The van der Waals surface area contributed by atoms with E-state index in [-0.39, 0.29) is 11.9 Å². The van der Waals surface area contributed by atoms with Crippen molar-refractivity contribution < 1.29 is 8.78 Å². The number of halogens is 2. The van der Waals surface area contributed by atoms with E-state index in [4.69, 9.17) is 5.73 Å². The van der Waals surface area contributed by atoms with Gasteiger partial charge in [0.05, 0.1) is 23.4 Å². The van der Waals surface area contributed by atoms with Gasteiger partial charge in [0.2, 0.25) is 11.9 Å². The molecular weight excluding hydrogens is 368 g/mol. The van der Waals surface area contributed by atoms with Crippen molar-refractivity contribution in [2.75, 3.05) is 11.1 Å². The van der Waals surface area contributed by atoms with E-state index < -0.39 is 12.6 Å². The zero-order chi connectivity index (χ0) is 19.8. The molecule has 4 aromatic rings. The fourth-order valence-electron chi connectivity index (χ4n) is 2.94. The molecule has 0 radical (unpaired) electrons. The van der Waals surface area contributed by atoms with Crippen LogP contribution in [0.4, 0.5) is 20.7 Å². The van der Waals surface area contributed by atoms with Gasteiger partial charge in [-0.3, -0.25) is 0 Å². The highest BCUT2D eigenvalue weighted by Crippen LogP contribution is 2.23. The minimum Gasteiger partial charge on any atom is -0.368 e. The summed E-state index contributed by atoms with van der Waals surface area (Å²) in [5, 5.41) is 6.61. The van der Waals surface area contributed by atoms with Gasteiger partial charge in [0.25, 0.3) is 0 Å². The summed E-state index contributed by atoms with van der Waals surface area (Å²) in [6, 6.07) is 4.73. The molecule has 28 heavy (non-hydrogen) atoms. The molecule has 0 aliphatic heterocycles. The van der Waals surface area contributed by atoms with Gasteiger partial charge in [-0.1, -0.05) is 0 Å². The lowest BCUT2D eigenvalue weighted by molar-refractivity contribution is 0.0528. The number of aryl methyl sites for hydroxylation is 1. The minimum atomic E-state index is -2.74. The van der Waals surface area contributed by atoms with Crippen LogP contribution in [0.15, 0.2) is 36.8 Å². The molecule has 0 saturated carbocycles. The molecule has 0 amide bonds. The number of alkyl halides is 2. The van der Waals surface area contributed by atoms with E-state index in [9.17, 15) is 8.78 Å². The fraction of sp³-hybridized carbons (Fsp3) is 0.235. The van der Waals surface area contributed by atoms with Gasteiger partial charge in [-0.25, -0.2) is 9.67 Å². The standard InChI is InChI=1S/C17H17F2N9/c1-9(13-5-6-22-28(13)15(18)19)23-17-25-14(24-16(20)26-17)11-3-4-12-7-21-10(2)27(12)8-11/h3-9,15H,1-2H3,(H3,20,23,24,25,26). The van der Waals surface area contributed by atoms with E-state index in [2.05, 4.69) is 30.4 Å². The molecule has 144 valence electrons. The number of fused-ring (bicyclic) bond motifs is 1. The summed E-state index contributed by atoms with van der Waals surface area (Å²) in [6.45, 7) is 0.855. The van der Waals surface area contributed by atoms with Crippen molar-refractivity contribution in [2.24, 2.45) is 0 Å². The Balaban J connectivity index is 1.66. The summed E-state index contributed by atoms with van der Waals surface area (Å²) in [7, 11) is 0. The van der Waals surface area contributed by atoms with E-state index in [1.54, 1.807) is 13.1 Å². The molecule has 0 aromatic carbocycles. The first-order chi connectivity index (χ1) is 13.4. The molecule has 0 bridgehead atoms. The van der Waals surface area contributed by atoms with Gasteiger partial charge in [-0.2, -0.15) is 28.8 Å². The third kappa shape index (κ3) is 3.21. The average molecular weight is 385 g/mol. The first-order valence-corrected chi connectivity index (χ1v) is 8.46. The van der Waals surface area contributed by atoms with Gasteiger partial charge in [-0.15, -0.1) is 0 Å². The van der Waals surface area contributed by atoms with Crippen molar-refractivity contribution in [1.82, 2.24) is 34.1 Å². The topological polar surface area (TPSA) is 112 Å². The maximum atomic E-state index is 13.0. The van der Waals surface area contributed by atoms with E-state index in [0.29, 0.717) is 16.2 Å². The summed E-state index contributed by atoms with van der Waals surface area (Å²) in [5.74, 6) is 1.38. The number of nitrogens with two attached hydrogens (primary N) is 1. The quantitative estimate of drug-likeness (QED) is 0.543. The van der Waals surface area contributed by atoms with Crippen LogP contribution in [0, 0.1) is 6.92 Å². The van der Waals surface area contributed by atoms with Crippen LogP contribution < -0.4 is 11.1 Å². The second-order valence-electron chi connectivity index (χ2n) is 6.20. The van der Waals surface area contributed by atoms with E-state index in [0.717, 1.165) is 16.9 Å². The summed E-state index contributed by atoms with van der Waals surface area (Å²) in [4.78, 5) is 16.9. The summed E-state index contributed by atoms with van der Waals surface area (Å²) < 4.78 is 28.6. The molecular formula is C17H17F2N9. The third-order valence-electron chi connectivity index (χ3n) is 4.30. The minimum absolute atomic E-state index is 0.0181.